The second-order valence-electron chi connectivity index (χ2n) is 10.5. The molecule has 1 amide bonds. The minimum Gasteiger partial charge on any atom is -0.497 e. The van der Waals surface area contributed by atoms with E-state index in [2.05, 4.69) is 5.32 Å². The summed E-state index contributed by atoms with van der Waals surface area (Å²) in [5, 5.41) is 3.55. The number of hydrogen-bond donors (Lipinski definition) is 1. The van der Waals surface area contributed by atoms with Crippen molar-refractivity contribution in [3.63, 3.8) is 0 Å². The average molecular weight is 561 g/mol. The van der Waals surface area contributed by atoms with E-state index < -0.39 is 23.4 Å². The minimum atomic E-state index is -1.37. The number of hydrogen-bond acceptors (Lipinski definition) is 5. The normalized spacial score (nSPS) is 23.5. The van der Waals surface area contributed by atoms with Gasteiger partial charge in [0.25, 0.3) is 0 Å². The SMILES string of the molecule is COc1cccc(C(=O)[C@H]2[C@@H](C(=O)c3ccc(Cl)cc3)N3c4ccccc4C=C[C@@H]3[C@]23C(=O)Nc2ccccc23)c1. The van der Waals surface area contributed by atoms with Gasteiger partial charge in [0.05, 0.1) is 19.1 Å². The summed E-state index contributed by atoms with van der Waals surface area (Å²) in [4.78, 5) is 45.8. The number of amides is 1. The molecule has 0 saturated carbocycles. The van der Waals surface area contributed by atoms with Gasteiger partial charge in [0.2, 0.25) is 5.91 Å². The van der Waals surface area contributed by atoms with Crippen molar-refractivity contribution < 1.29 is 19.1 Å². The van der Waals surface area contributed by atoms with Crippen LogP contribution in [0.3, 0.4) is 0 Å². The third-order valence-electron chi connectivity index (χ3n) is 8.58. The van der Waals surface area contributed by atoms with Gasteiger partial charge in [-0.25, -0.2) is 0 Å². The number of nitrogens with one attached hydrogen (secondary N) is 1. The number of ether oxygens (including phenoxy) is 1. The molecule has 0 radical (unpaired) electrons. The van der Waals surface area contributed by atoms with Crippen LogP contribution in [0.4, 0.5) is 11.4 Å². The number of nitrogens with zero attached hydrogens (tertiary/aromatic N) is 1. The quantitative estimate of drug-likeness (QED) is 0.294. The van der Waals surface area contributed by atoms with Gasteiger partial charge in [0, 0.05) is 27.5 Å². The molecule has 0 aliphatic carbocycles. The van der Waals surface area contributed by atoms with Crippen LogP contribution in [-0.2, 0) is 10.2 Å². The summed E-state index contributed by atoms with van der Waals surface area (Å²) in [6.07, 6.45) is 3.94. The molecular weight excluding hydrogens is 536 g/mol. The van der Waals surface area contributed by atoms with Crippen LogP contribution in [0, 0.1) is 5.92 Å². The summed E-state index contributed by atoms with van der Waals surface area (Å²) in [5.74, 6) is -1.40. The summed E-state index contributed by atoms with van der Waals surface area (Å²) >= 11 is 6.17. The van der Waals surface area contributed by atoms with Gasteiger partial charge >= 0.3 is 0 Å². The molecule has 3 aliphatic rings. The van der Waals surface area contributed by atoms with Gasteiger partial charge in [-0.2, -0.15) is 0 Å². The van der Waals surface area contributed by atoms with E-state index in [0.717, 1.165) is 11.3 Å². The number of para-hydroxylation sites is 2. The number of halogens is 1. The highest BCUT2D eigenvalue weighted by Gasteiger charge is 2.70. The summed E-state index contributed by atoms with van der Waals surface area (Å²) in [6, 6.07) is 27.2. The van der Waals surface area contributed by atoms with Gasteiger partial charge in [0.1, 0.15) is 17.2 Å². The number of carbonyl (C=O) groups is 3. The zero-order chi connectivity index (χ0) is 28.3. The molecule has 1 fully saturated rings. The highest BCUT2D eigenvalue weighted by Crippen LogP contribution is 2.58. The van der Waals surface area contributed by atoms with Crippen LogP contribution in [0.15, 0.2) is 103 Å². The fraction of sp³-hybridized carbons (Fsp3) is 0.147. The number of carbonyl (C=O) groups excluding carboxylic acids is 3. The second-order valence-corrected chi connectivity index (χ2v) is 11.0. The van der Waals surface area contributed by atoms with Crippen LogP contribution in [0.5, 0.6) is 5.75 Å². The van der Waals surface area contributed by atoms with E-state index in [1.165, 1.54) is 7.11 Å². The van der Waals surface area contributed by atoms with Crippen LogP contribution >= 0.6 is 11.6 Å². The zero-order valence-corrected chi connectivity index (χ0v) is 22.8. The van der Waals surface area contributed by atoms with E-state index in [9.17, 15) is 14.4 Å². The predicted molar refractivity (Wildman–Crippen MR) is 159 cm³/mol. The molecule has 4 atom stereocenters. The Bertz CT molecular complexity index is 1760. The lowest BCUT2D eigenvalue weighted by Gasteiger charge is -2.37. The van der Waals surface area contributed by atoms with Crippen molar-refractivity contribution >= 4 is 46.5 Å². The maximum Gasteiger partial charge on any atom is 0.238 e. The number of anilines is 2. The standard InChI is InChI=1S/C34H25ClN2O4/c1-41-24-9-6-8-22(19-24)31(38)29-30(32(39)21-13-16-23(35)17-14-21)37-27-12-5-2-7-20(27)15-18-28(37)34(29)25-10-3-4-11-26(25)36-33(34)40/h2-19,28-30H,1H3,(H,36,40)/t28-,29-,30+,34+/m1/s1. The zero-order valence-electron chi connectivity index (χ0n) is 22.1. The summed E-state index contributed by atoms with van der Waals surface area (Å²) < 4.78 is 5.43. The smallest absolute Gasteiger partial charge is 0.238 e. The molecule has 202 valence electrons. The molecule has 0 aromatic heterocycles. The Labute approximate surface area is 242 Å². The Kier molecular flexibility index (Phi) is 5.84. The van der Waals surface area contributed by atoms with Crippen molar-refractivity contribution in [1.29, 1.82) is 0 Å². The fourth-order valence-corrected chi connectivity index (χ4v) is 6.99. The number of Topliss-reactive ketones (excluding diaryl/α,β-unsaturated/α-hetero) is 2. The maximum atomic E-state index is 14.8. The molecule has 0 bridgehead atoms. The number of fused-ring (bicyclic) bond motifs is 6. The van der Waals surface area contributed by atoms with Crippen LogP contribution in [0.25, 0.3) is 6.08 Å². The van der Waals surface area contributed by atoms with Crippen LogP contribution in [0.2, 0.25) is 5.02 Å². The summed E-state index contributed by atoms with van der Waals surface area (Å²) in [6.45, 7) is 0. The van der Waals surface area contributed by atoms with Crippen molar-refractivity contribution in [2.75, 3.05) is 17.3 Å². The number of rotatable bonds is 5. The Morgan fingerprint density at radius 2 is 1.63 bits per heavy atom. The average Bonchev–Trinajstić information content (AvgIpc) is 3.49. The van der Waals surface area contributed by atoms with Gasteiger partial charge in [-0.1, -0.05) is 72.3 Å². The summed E-state index contributed by atoms with van der Waals surface area (Å²) in [7, 11) is 1.54. The molecule has 3 heterocycles. The number of benzene rings is 4. The molecule has 1 spiro atoms. The van der Waals surface area contributed by atoms with Gasteiger partial charge < -0.3 is 15.0 Å². The van der Waals surface area contributed by atoms with Gasteiger partial charge in [-0.15, -0.1) is 0 Å². The summed E-state index contributed by atoms with van der Waals surface area (Å²) in [5.41, 5.74) is 2.48. The lowest BCUT2D eigenvalue weighted by molar-refractivity contribution is -0.121. The van der Waals surface area contributed by atoms with E-state index in [1.54, 1.807) is 48.5 Å². The maximum absolute atomic E-state index is 14.8. The third kappa shape index (κ3) is 3.60. The molecule has 4 aromatic rings. The lowest BCUT2D eigenvalue weighted by Crippen LogP contribution is -2.51. The molecule has 1 saturated heterocycles. The molecule has 41 heavy (non-hydrogen) atoms. The second kappa shape index (κ2) is 9.46. The fourth-order valence-electron chi connectivity index (χ4n) is 6.86. The van der Waals surface area contributed by atoms with Crippen LogP contribution < -0.4 is 15.0 Å². The Balaban J connectivity index is 1.53. The van der Waals surface area contributed by atoms with Gasteiger partial charge in [0.15, 0.2) is 11.6 Å². The van der Waals surface area contributed by atoms with E-state index in [4.69, 9.17) is 16.3 Å². The first-order chi connectivity index (χ1) is 19.9. The Morgan fingerprint density at radius 1 is 0.878 bits per heavy atom. The van der Waals surface area contributed by atoms with Crippen molar-refractivity contribution in [3.8, 4) is 5.75 Å². The highest BCUT2D eigenvalue weighted by molar-refractivity contribution is 6.30. The van der Waals surface area contributed by atoms with Crippen LogP contribution in [-0.4, -0.2) is 36.7 Å². The molecule has 0 unspecified atom stereocenters. The van der Waals surface area contributed by atoms with E-state index >= 15 is 0 Å². The van der Waals surface area contributed by atoms with E-state index in [1.807, 2.05) is 65.6 Å². The molecule has 4 aromatic carbocycles. The molecular formula is C34H25ClN2O4. The largest absolute Gasteiger partial charge is 0.497 e. The lowest BCUT2D eigenvalue weighted by atomic mass is 9.64. The minimum absolute atomic E-state index is 0.257. The molecule has 1 N–H and O–H groups in total. The van der Waals surface area contributed by atoms with Gasteiger partial charge in [-0.05, 0) is 59.7 Å². The number of ketones is 2. The Morgan fingerprint density at radius 3 is 2.44 bits per heavy atom. The molecule has 7 rings (SSSR count). The van der Waals surface area contributed by atoms with Crippen LogP contribution in [0.1, 0.15) is 31.8 Å². The van der Waals surface area contributed by atoms with Crippen molar-refractivity contribution in [2.24, 2.45) is 5.92 Å². The molecule has 7 heteroatoms. The molecule has 3 aliphatic heterocycles. The van der Waals surface area contributed by atoms with Crippen molar-refractivity contribution in [1.82, 2.24) is 0 Å². The monoisotopic (exact) mass is 560 g/mol. The first-order valence-electron chi connectivity index (χ1n) is 13.4. The first kappa shape index (κ1) is 25.3. The number of methoxy groups -OCH3 is 1. The predicted octanol–water partition coefficient (Wildman–Crippen LogP) is 6.20. The first-order valence-corrected chi connectivity index (χ1v) is 13.8. The van der Waals surface area contributed by atoms with E-state index in [-0.39, 0.29) is 17.5 Å². The highest BCUT2D eigenvalue weighted by atomic mass is 35.5. The Hall–Kier alpha value is -4.68. The molecule has 6 nitrogen and oxygen atoms in total. The third-order valence-corrected chi connectivity index (χ3v) is 8.83. The van der Waals surface area contributed by atoms with Crippen molar-refractivity contribution in [2.45, 2.75) is 17.5 Å². The van der Waals surface area contributed by atoms with Gasteiger partial charge in [-0.3, -0.25) is 14.4 Å². The van der Waals surface area contributed by atoms with E-state index in [0.29, 0.717) is 33.1 Å². The topological polar surface area (TPSA) is 75.7 Å². The van der Waals surface area contributed by atoms with Crippen molar-refractivity contribution in [3.05, 3.63) is 130 Å².